The van der Waals surface area contributed by atoms with Gasteiger partial charge in [-0.3, -0.25) is 4.90 Å². The number of para-hydroxylation sites is 1. The van der Waals surface area contributed by atoms with Crippen LogP contribution in [0.4, 0.5) is 4.39 Å². The third-order valence-electron chi connectivity index (χ3n) is 7.01. The van der Waals surface area contributed by atoms with Gasteiger partial charge >= 0.3 is 0 Å². The summed E-state index contributed by atoms with van der Waals surface area (Å²) in [4.78, 5) is 20.1. The van der Waals surface area contributed by atoms with Crippen LogP contribution in [-0.2, 0) is 4.79 Å². The van der Waals surface area contributed by atoms with Crippen LogP contribution in [0.3, 0.4) is 0 Å². The van der Waals surface area contributed by atoms with Crippen LogP contribution in [0.25, 0.3) is 16.9 Å². The van der Waals surface area contributed by atoms with Crippen molar-refractivity contribution in [2.24, 2.45) is 5.92 Å². The second-order valence-electron chi connectivity index (χ2n) is 9.68. The Bertz CT molecular complexity index is 1120. The zero-order chi connectivity index (χ0) is 22.9. The summed E-state index contributed by atoms with van der Waals surface area (Å²) in [6, 6.07) is 5.02. The largest absolute Gasteiger partial charge is 0.337 e. The Labute approximate surface area is 204 Å². The van der Waals surface area contributed by atoms with E-state index in [4.69, 9.17) is 4.52 Å². The summed E-state index contributed by atoms with van der Waals surface area (Å²) in [5.74, 6) is 1.54. The molecule has 1 aromatic carbocycles. The lowest BCUT2D eigenvalue weighted by molar-refractivity contribution is -0.108. The normalized spacial score (nSPS) is 20.3. The topological polar surface area (TPSA) is 80.3 Å². The average molecular weight is 491 g/mol. The summed E-state index contributed by atoms with van der Waals surface area (Å²) in [5, 5.41) is 9.56. The lowest BCUT2D eigenvalue weighted by Crippen LogP contribution is -2.37. The van der Waals surface area contributed by atoms with E-state index < -0.39 is 0 Å². The third kappa shape index (κ3) is 4.87. The molecule has 2 aromatic heterocycles. The minimum absolute atomic E-state index is 0. The number of piperidine rings is 1. The van der Waals surface area contributed by atoms with Crippen molar-refractivity contribution < 1.29 is 13.7 Å². The molecule has 3 aromatic rings. The number of rotatable bonds is 7. The molecule has 0 spiro atoms. The second-order valence-corrected chi connectivity index (χ2v) is 9.68. The number of aldehydes is 1. The number of benzene rings is 1. The molecular formula is C24H32ClFN6O2. The molecule has 8 nitrogen and oxygen atoms in total. The number of aromatic nitrogens is 4. The quantitative estimate of drug-likeness (QED) is 0.466. The first-order valence-corrected chi connectivity index (χ1v) is 11.9. The highest BCUT2D eigenvalue weighted by Gasteiger charge is 2.29. The Kier molecular flexibility index (Phi) is 7.64. The van der Waals surface area contributed by atoms with Crippen LogP contribution < -0.4 is 0 Å². The minimum atomic E-state index is -0.342. The monoisotopic (exact) mass is 490 g/mol. The van der Waals surface area contributed by atoms with Crippen LogP contribution in [0.1, 0.15) is 56.5 Å². The maximum atomic E-state index is 14.7. The van der Waals surface area contributed by atoms with Crippen molar-refractivity contribution in [3.63, 3.8) is 0 Å². The van der Waals surface area contributed by atoms with Gasteiger partial charge in [-0.15, -0.1) is 12.4 Å². The van der Waals surface area contributed by atoms with Crippen molar-refractivity contribution >= 4 is 29.6 Å². The van der Waals surface area contributed by atoms with Crippen LogP contribution in [-0.4, -0.2) is 75.3 Å². The number of nitrogens with zero attached hydrogens (tertiary/aromatic N) is 6. The van der Waals surface area contributed by atoms with Gasteiger partial charge in [0.15, 0.2) is 0 Å². The van der Waals surface area contributed by atoms with Gasteiger partial charge in [-0.1, -0.05) is 26.0 Å². The Balaban J connectivity index is 0.00000274. The fourth-order valence-corrected chi connectivity index (χ4v) is 5.26. The van der Waals surface area contributed by atoms with Gasteiger partial charge in [0.25, 0.3) is 5.95 Å². The predicted molar refractivity (Wildman–Crippen MR) is 129 cm³/mol. The lowest BCUT2D eigenvalue weighted by atomic mass is 9.95. The molecule has 0 saturated carbocycles. The number of fused-ring (bicyclic) bond motifs is 1. The predicted octanol–water partition coefficient (Wildman–Crippen LogP) is 3.79. The van der Waals surface area contributed by atoms with Gasteiger partial charge in [-0.05, 0) is 62.0 Å². The summed E-state index contributed by atoms with van der Waals surface area (Å²) in [7, 11) is 0. The highest BCUT2D eigenvalue weighted by Crippen LogP contribution is 2.31. The highest BCUT2D eigenvalue weighted by molar-refractivity contribution is 5.85. The van der Waals surface area contributed by atoms with E-state index in [-0.39, 0.29) is 36.0 Å². The summed E-state index contributed by atoms with van der Waals surface area (Å²) < 4.78 is 21.8. The molecule has 5 rings (SSSR count). The first kappa shape index (κ1) is 24.8. The van der Waals surface area contributed by atoms with E-state index in [2.05, 4.69) is 25.0 Å². The number of likely N-dealkylation sites (tertiary alicyclic amines) is 2. The maximum absolute atomic E-state index is 14.7. The van der Waals surface area contributed by atoms with Gasteiger partial charge in [0.05, 0.1) is 12.2 Å². The molecule has 2 fully saturated rings. The minimum Gasteiger partial charge on any atom is -0.337 e. The number of carbonyl (C=O) groups is 1. The number of hydrogen-bond donors (Lipinski definition) is 0. The average Bonchev–Trinajstić information content (AvgIpc) is 3.53. The van der Waals surface area contributed by atoms with Gasteiger partial charge in [-0.2, -0.15) is 14.8 Å². The standard InChI is InChI=1S/C24H31FN6O2.ClH/c1-16(2)21-19-4-3-5-20(25)22(19)31(27-21)24-26-23(33-28-24)18-7-10-29(11-8-18)14-17-6-9-30(15-17)12-13-32;/h3-5,13,16-18H,6-12,14-15H2,1-2H3;1H/t17-;/m0./s1. The van der Waals surface area contributed by atoms with Crippen LogP contribution >= 0.6 is 12.4 Å². The molecule has 0 amide bonds. The molecule has 0 bridgehead atoms. The van der Waals surface area contributed by atoms with Crippen LogP contribution in [0.2, 0.25) is 0 Å². The fraction of sp³-hybridized carbons (Fsp3) is 0.583. The smallest absolute Gasteiger partial charge is 0.291 e. The van der Waals surface area contributed by atoms with Crippen LogP contribution in [0, 0.1) is 11.7 Å². The van der Waals surface area contributed by atoms with E-state index in [1.807, 2.05) is 19.9 Å². The van der Waals surface area contributed by atoms with E-state index in [9.17, 15) is 9.18 Å². The van der Waals surface area contributed by atoms with E-state index in [0.29, 0.717) is 23.9 Å². The summed E-state index contributed by atoms with van der Waals surface area (Å²) in [6.45, 7) is 9.71. The van der Waals surface area contributed by atoms with E-state index in [0.717, 1.165) is 69.4 Å². The molecule has 2 aliphatic rings. The molecule has 0 radical (unpaired) electrons. The SMILES string of the molecule is CC(C)c1nn(-c2noc(C3CCN(C[C@@H]4CCN(CC=O)C4)CC3)n2)c2c(F)cccc12.Cl. The molecule has 2 aliphatic heterocycles. The van der Waals surface area contributed by atoms with E-state index in [1.165, 1.54) is 10.7 Å². The Morgan fingerprint density at radius 3 is 2.68 bits per heavy atom. The number of carbonyl (C=O) groups excluding carboxylic acids is 1. The molecule has 184 valence electrons. The zero-order valence-corrected chi connectivity index (χ0v) is 20.5. The van der Waals surface area contributed by atoms with Gasteiger partial charge in [0.1, 0.15) is 17.6 Å². The van der Waals surface area contributed by atoms with Crippen molar-refractivity contribution in [2.75, 3.05) is 39.3 Å². The molecule has 0 N–H and O–H groups in total. The van der Waals surface area contributed by atoms with Gasteiger partial charge in [-0.25, -0.2) is 4.39 Å². The van der Waals surface area contributed by atoms with Crippen molar-refractivity contribution in [1.29, 1.82) is 0 Å². The summed E-state index contributed by atoms with van der Waals surface area (Å²) in [6.07, 6.45) is 4.07. The van der Waals surface area contributed by atoms with Crippen molar-refractivity contribution in [2.45, 2.75) is 44.9 Å². The molecule has 4 heterocycles. The van der Waals surface area contributed by atoms with E-state index >= 15 is 0 Å². The van der Waals surface area contributed by atoms with Gasteiger partial charge in [0, 0.05) is 24.4 Å². The molecule has 0 unspecified atom stereocenters. The van der Waals surface area contributed by atoms with Crippen molar-refractivity contribution in [3.05, 3.63) is 35.6 Å². The number of halogens is 2. The molecule has 34 heavy (non-hydrogen) atoms. The Hall–Kier alpha value is -2.36. The lowest BCUT2D eigenvalue weighted by Gasteiger charge is -2.32. The molecule has 1 atom stereocenters. The molecular weight excluding hydrogens is 459 g/mol. The van der Waals surface area contributed by atoms with Crippen molar-refractivity contribution in [3.8, 4) is 5.95 Å². The zero-order valence-electron chi connectivity index (χ0n) is 19.7. The summed E-state index contributed by atoms with van der Waals surface area (Å²) >= 11 is 0. The second kappa shape index (κ2) is 10.5. The van der Waals surface area contributed by atoms with E-state index in [1.54, 1.807) is 6.07 Å². The first-order chi connectivity index (χ1) is 16.0. The fourth-order valence-electron chi connectivity index (χ4n) is 5.26. The maximum Gasteiger partial charge on any atom is 0.291 e. The Morgan fingerprint density at radius 1 is 1.18 bits per heavy atom. The van der Waals surface area contributed by atoms with Gasteiger partial charge < -0.3 is 14.2 Å². The van der Waals surface area contributed by atoms with Crippen LogP contribution in [0.15, 0.2) is 22.7 Å². The molecule has 0 aliphatic carbocycles. The van der Waals surface area contributed by atoms with Crippen molar-refractivity contribution in [1.82, 2.24) is 29.7 Å². The van der Waals surface area contributed by atoms with Gasteiger partial charge in [0.2, 0.25) is 5.89 Å². The summed E-state index contributed by atoms with van der Waals surface area (Å²) in [5.41, 5.74) is 1.21. The first-order valence-electron chi connectivity index (χ1n) is 11.9. The molecule has 10 heteroatoms. The Morgan fingerprint density at radius 2 is 1.94 bits per heavy atom. The molecule has 2 saturated heterocycles. The third-order valence-corrected chi connectivity index (χ3v) is 7.01. The highest BCUT2D eigenvalue weighted by atomic mass is 35.5. The van der Waals surface area contributed by atoms with Crippen LogP contribution in [0.5, 0.6) is 0 Å². The number of hydrogen-bond acceptors (Lipinski definition) is 7.